The predicted octanol–water partition coefficient (Wildman–Crippen LogP) is 2.79. The highest BCUT2D eigenvalue weighted by molar-refractivity contribution is 14.1. The van der Waals surface area contributed by atoms with E-state index in [1.54, 1.807) is 18.2 Å². The van der Waals surface area contributed by atoms with Crippen LogP contribution < -0.4 is 14.8 Å². The highest BCUT2D eigenvalue weighted by Crippen LogP contribution is 2.30. The molecule has 0 unspecified atom stereocenters. The number of unbranched alkanes of at least 4 members (excludes halogenated alkanes) is 2. The molecule has 104 valence electrons. The van der Waals surface area contributed by atoms with E-state index in [4.69, 9.17) is 9.47 Å². The zero-order chi connectivity index (χ0) is 13.5. The summed E-state index contributed by atoms with van der Waals surface area (Å²) in [6, 6.07) is 5.31. The number of carbonyl (C=O) groups excluding carboxylic acids is 1. The van der Waals surface area contributed by atoms with Crippen LogP contribution in [0.15, 0.2) is 18.2 Å². The van der Waals surface area contributed by atoms with E-state index in [0.717, 1.165) is 19.4 Å². The average molecular weight is 375 g/mol. The molecular weight excluding hydrogens is 357 g/mol. The van der Waals surface area contributed by atoms with Gasteiger partial charge in [-0.2, -0.15) is 0 Å². The minimum Gasteiger partial charge on any atom is -0.486 e. The highest BCUT2D eigenvalue weighted by atomic mass is 127. The number of ether oxygens (including phenoxy) is 2. The van der Waals surface area contributed by atoms with Crippen LogP contribution in [-0.2, 0) is 0 Å². The second-order valence-corrected chi connectivity index (χ2v) is 5.44. The molecular formula is C14H18INO3. The first kappa shape index (κ1) is 14.4. The van der Waals surface area contributed by atoms with E-state index in [0.29, 0.717) is 30.3 Å². The van der Waals surface area contributed by atoms with Crippen LogP contribution in [-0.4, -0.2) is 30.1 Å². The number of halogens is 1. The Kier molecular flexibility index (Phi) is 5.75. The Bertz CT molecular complexity index is 437. The molecule has 1 amide bonds. The number of carbonyl (C=O) groups is 1. The zero-order valence-corrected chi connectivity index (χ0v) is 12.9. The van der Waals surface area contributed by atoms with Crippen molar-refractivity contribution < 1.29 is 14.3 Å². The number of fused-ring (bicyclic) bond motifs is 1. The fraction of sp³-hybridized carbons (Fsp3) is 0.500. The van der Waals surface area contributed by atoms with Crippen LogP contribution in [0.3, 0.4) is 0 Å². The molecule has 0 atom stereocenters. The standard InChI is InChI=1S/C14H18INO3/c15-6-2-1-3-7-16-14(17)11-4-5-12-13(10-11)19-9-8-18-12/h4-5,10H,1-3,6-9H2,(H,16,17). The summed E-state index contributed by atoms with van der Waals surface area (Å²) in [5.74, 6) is 1.32. The van der Waals surface area contributed by atoms with Crippen molar-refractivity contribution in [3.05, 3.63) is 23.8 Å². The first-order valence-corrected chi connectivity index (χ1v) is 8.07. The van der Waals surface area contributed by atoms with E-state index >= 15 is 0 Å². The molecule has 2 rings (SSSR count). The predicted molar refractivity (Wildman–Crippen MR) is 82.5 cm³/mol. The van der Waals surface area contributed by atoms with Crippen LogP contribution in [0, 0.1) is 0 Å². The van der Waals surface area contributed by atoms with Gasteiger partial charge in [0.25, 0.3) is 5.91 Å². The SMILES string of the molecule is O=C(NCCCCCI)c1ccc2c(c1)OCCO2. The van der Waals surface area contributed by atoms with Gasteiger partial charge in [-0.05, 0) is 35.5 Å². The van der Waals surface area contributed by atoms with Gasteiger partial charge in [0.15, 0.2) is 11.5 Å². The number of benzene rings is 1. The summed E-state index contributed by atoms with van der Waals surface area (Å²) in [5.41, 5.74) is 0.623. The number of amides is 1. The molecule has 5 heteroatoms. The Balaban J connectivity index is 1.85. The number of rotatable bonds is 6. The van der Waals surface area contributed by atoms with E-state index in [1.165, 1.54) is 10.8 Å². The summed E-state index contributed by atoms with van der Waals surface area (Å²) >= 11 is 2.37. The lowest BCUT2D eigenvalue weighted by molar-refractivity contribution is 0.0951. The fourth-order valence-electron chi connectivity index (χ4n) is 1.88. The number of nitrogens with one attached hydrogen (secondary N) is 1. The molecule has 4 nitrogen and oxygen atoms in total. The van der Waals surface area contributed by atoms with Crippen LogP contribution in [0.1, 0.15) is 29.6 Å². The van der Waals surface area contributed by atoms with Gasteiger partial charge < -0.3 is 14.8 Å². The molecule has 19 heavy (non-hydrogen) atoms. The minimum absolute atomic E-state index is 0.0496. The quantitative estimate of drug-likeness (QED) is 0.473. The molecule has 1 aromatic rings. The van der Waals surface area contributed by atoms with Gasteiger partial charge in [0, 0.05) is 12.1 Å². The van der Waals surface area contributed by atoms with Crippen LogP contribution in [0.4, 0.5) is 0 Å². The van der Waals surface area contributed by atoms with E-state index in [2.05, 4.69) is 27.9 Å². The normalized spacial score (nSPS) is 13.1. The lowest BCUT2D eigenvalue weighted by Gasteiger charge is -2.18. The maximum absolute atomic E-state index is 12.0. The third kappa shape index (κ3) is 4.26. The van der Waals surface area contributed by atoms with Gasteiger partial charge >= 0.3 is 0 Å². The summed E-state index contributed by atoms with van der Waals surface area (Å²) in [6.45, 7) is 1.83. The van der Waals surface area contributed by atoms with E-state index in [1.807, 2.05) is 0 Å². The van der Waals surface area contributed by atoms with Crippen LogP contribution in [0.25, 0.3) is 0 Å². The van der Waals surface area contributed by atoms with Crippen molar-refractivity contribution >= 4 is 28.5 Å². The lowest BCUT2D eigenvalue weighted by atomic mass is 10.1. The largest absolute Gasteiger partial charge is 0.486 e. The Morgan fingerprint density at radius 2 is 1.95 bits per heavy atom. The van der Waals surface area contributed by atoms with Gasteiger partial charge in [-0.15, -0.1) is 0 Å². The molecule has 0 aliphatic carbocycles. The van der Waals surface area contributed by atoms with Crippen molar-refractivity contribution in [2.45, 2.75) is 19.3 Å². The second-order valence-electron chi connectivity index (χ2n) is 4.36. The summed E-state index contributed by atoms with van der Waals surface area (Å²) in [6.07, 6.45) is 3.39. The van der Waals surface area contributed by atoms with E-state index in [-0.39, 0.29) is 5.91 Å². The zero-order valence-electron chi connectivity index (χ0n) is 10.8. The Morgan fingerprint density at radius 3 is 2.74 bits per heavy atom. The number of hydrogen-bond donors (Lipinski definition) is 1. The van der Waals surface area contributed by atoms with Gasteiger partial charge in [0.05, 0.1) is 0 Å². The van der Waals surface area contributed by atoms with Crippen molar-refractivity contribution in [3.8, 4) is 11.5 Å². The summed E-state index contributed by atoms with van der Waals surface area (Å²) < 4.78 is 12.1. The van der Waals surface area contributed by atoms with Gasteiger partial charge in [-0.3, -0.25) is 4.79 Å². The molecule has 1 aliphatic rings. The average Bonchev–Trinajstić information content (AvgIpc) is 2.46. The lowest BCUT2D eigenvalue weighted by Crippen LogP contribution is -2.25. The molecule has 0 aromatic heterocycles. The summed E-state index contributed by atoms with van der Waals surface area (Å²) in [5, 5.41) is 2.93. The molecule has 1 aromatic carbocycles. The molecule has 0 bridgehead atoms. The minimum atomic E-state index is -0.0496. The van der Waals surface area contributed by atoms with Crippen LogP contribution in [0.2, 0.25) is 0 Å². The van der Waals surface area contributed by atoms with E-state index in [9.17, 15) is 4.79 Å². The topological polar surface area (TPSA) is 47.6 Å². The van der Waals surface area contributed by atoms with Crippen molar-refractivity contribution in [1.82, 2.24) is 5.32 Å². The monoisotopic (exact) mass is 375 g/mol. The molecule has 1 heterocycles. The Morgan fingerprint density at radius 1 is 1.16 bits per heavy atom. The molecule has 0 fully saturated rings. The summed E-state index contributed by atoms with van der Waals surface area (Å²) in [4.78, 5) is 12.0. The molecule has 1 aliphatic heterocycles. The maximum Gasteiger partial charge on any atom is 0.251 e. The fourth-order valence-corrected chi connectivity index (χ4v) is 2.42. The summed E-state index contributed by atoms with van der Waals surface area (Å²) in [7, 11) is 0. The van der Waals surface area contributed by atoms with Gasteiger partial charge in [0.1, 0.15) is 13.2 Å². The second kappa shape index (κ2) is 7.57. The molecule has 0 spiro atoms. The number of alkyl halides is 1. The van der Waals surface area contributed by atoms with Crippen LogP contribution in [0.5, 0.6) is 11.5 Å². The molecule has 0 saturated heterocycles. The third-order valence-corrected chi connectivity index (χ3v) is 3.66. The molecule has 1 N–H and O–H groups in total. The Hall–Kier alpha value is -0.980. The van der Waals surface area contributed by atoms with Gasteiger partial charge in [0.2, 0.25) is 0 Å². The Labute approximate surface area is 127 Å². The van der Waals surface area contributed by atoms with Crippen molar-refractivity contribution in [1.29, 1.82) is 0 Å². The van der Waals surface area contributed by atoms with Crippen LogP contribution >= 0.6 is 22.6 Å². The van der Waals surface area contributed by atoms with Crippen molar-refractivity contribution in [2.24, 2.45) is 0 Å². The molecule has 0 saturated carbocycles. The third-order valence-electron chi connectivity index (χ3n) is 2.90. The smallest absolute Gasteiger partial charge is 0.251 e. The first-order valence-electron chi connectivity index (χ1n) is 6.55. The van der Waals surface area contributed by atoms with Gasteiger partial charge in [-0.25, -0.2) is 0 Å². The van der Waals surface area contributed by atoms with E-state index < -0.39 is 0 Å². The number of hydrogen-bond acceptors (Lipinski definition) is 3. The molecule has 0 radical (unpaired) electrons. The first-order chi connectivity index (χ1) is 9.31. The van der Waals surface area contributed by atoms with Gasteiger partial charge in [-0.1, -0.05) is 29.0 Å². The maximum atomic E-state index is 12.0. The van der Waals surface area contributed by atoms with Crippen molar-refractivity contribution in [3.63, 3.8) is 0 Å². The van der Waals surface area contributed by atoms with Crippen molar-refractivity contribution in [2.75, 3.05) is 24.2 Å². The highest BCUT2D eigenvalue weighted by Gasteiger charge is 2.14.